The predicted molar refractivity (Wildman–Crippen MR) is 61.8 cm³/mol. The maximum absolute atomic E-state index is 8.96. The molecule has 0 aliphatic heterocycles. The average molecular weight is 214 g/mol. The first-order chi connectivity index (χ1) is 7.88. The lowest BCUT2D eigenvalue weighted by atomic mass is 10.1. The molecule has 0 amide bonds. The van der Waals surface area contributed by atoms with Gasteiger partial charge in [-0.2, -0.15) is 0 Å². The van der Waals surface area contributed by atoms with E-state index in [0.29, 0.717) is 5.69 Å². The van der Waals surface area contributed by atoms with Crippen LogP contribution in [0, 0.1) is 0 Å². The summed E-state index contributed by atoms with van der Waals surface area (Å²) in [6.07, 6.45) is 3.42. The van der Waals surface area contributed by atoms with E-state index in [0.717, 1.165) is 18.7 Å². The molecule has 0 saturated heterocycles. The number of aliphatic hydroxyl groups excluding tert-OH is 1. The molecule has 2 rings (SSSR count). The van der Waals surface area contributed by atoms with Crippen molar-refractivity contribution in [1.82, 2.24) is 9.97 Å². The fraction of sp³-hybridized carbons (Fsp3) is 0.231. The molecule has 0 spiro atoms. The van der Waals surface area contributed by atoms with Gasteiger partial charge in [-0.15, -0.1) is 0 Å². The Bertz CT molecular complexity index is 443. The van der Waals surface area contributed by atoms with Gasteiger partial charge < -0.3 is 5.11 Å². The SMILES string of the molecule is OCc1ccnc(CCc2ccccc2)n1. The standard InChI is InChI=1S/C13H14N2O/c16-10-12-8-9-14-13(15-12)7-6-11-4-2-1-3-5-11/h1-5,8-9,16H,6-7,10H2. The molecule has 0 unspecified atom stereocenters. The minimum atomic E-state index is -0.0269. The zero-order chi connectivity index (χ0) is 11.2. The van der Waals surface area contributed by atoms with Crippen molar-refractivity contribution in [3.8, 4) is 0 Å². The number of rotatable bonds is 4. The van der Waals surface area contributed by atoms with Gasteiger partial charge >= 0.3 is 0 Å². The highest BCUT2D eigenvalue weighted by molar-refractivity contribution is 5.15. The van der Waals surface area contributed by atoms with Gasteiger partial charge in [-0.25, -0.2) is 9.97 Å². The van der Waals surface area contributed by atoms with E-state index in [2.05, 4.69) is 22.1 Å². The Labute approximate surface area is 94.8 Å². The van der Waals surface area contributed by atoms with E-state index >= 15 is 0 Å². The molecule has 3 heteroatoms. The predicted octanol–water partition coefficient (Wildman–Crippen LogP) is 1.75. The number of hydrogen-bond acceptors (Lipinski definition) is 3. The summed E-state index contributed by atoms with van der Waals surface area (Å²) in [5.41, 5.74) is 1.96. The summed E-state index contributed by atoms with van der Waals surface area (Å²) in [6.45, 7) is -0.0269. The molecule has 0 aliphatic carbocycles. The number of aliphatic hydroxyl groups is 1. The van der Waals surface area contributed by atoms with Crippen LogP contribution in [-0.4, -0.2) is 15.1 Å². The van der Waals surface area contributed by atoms with E-state index in [1.165, 1.54) is 5.56 Å². The second kappa shape index (κ2) is 5.37. The van der Waals surface area contributed by atoms with Crippen LogP contribution in [0.3, 0.4) is 0 Å². The van der Waals surface area contributed by atoms with Crippen molar-refractivity contribution in [2.45, 2.75) is 19.4 Å². The molecule has 0 atom stereocenters. The van der Waals surface area contributed by atoms with E-state index < -0.39 is 0 Å². The van der Waals surface area contributed by atoms with E-state index in [-0.39, 0.29) is 6.61 Å². The smallest absolute Gasteiger partial charge is 0.128 e. The number of aromatic nitrogens is 2. The van der Waals surface area contributed by atoms with Gasteiger partial charge in [0.25, 0.3) is 0 Å². The van der Waals surface area contributed by atoms with Gasteiger partial charge in [-0.05, 0) is 18.1 Å². The number of benzene rings is 1. The first kappa shape index (κ1) is 10.8. The van der Waals surface area contributed by atoms with Gasteiger partial charge in [0.2, 0.25) is 0 Å². The fourth-order valence-electron chi connectivity index (χ4n) is 1.55. The summed E-state index contributed by atoms with van der Waals surface area (Å²) < 4.78 is 0. The van der Waals surface area contributed by atoms with Crippen LogP contribution < -0.4 is 0 Å². The molecule has 2 aromatic rings. The Morgan fingerprint density at radius 3 is 2.56 bits per heavy atom. The Morgan fingerprint density at radius 1 is 1.00 bits per heavy atom. The Morgan fingerprint density at radius 2 is 1.81 bits per heavy atom. The van der Waals surface area contributed by atoms with Gasteiger partial charge in [0.15, 0.2) is 0 Å². The molecule has 16 heavy (non-hydrogen) atoms. The van der Waals surface area contributed by atoms with Crippen LogP contribution in [0.5, 0.6) is 0 Å². The van der Waals surface area contributed by atoms with Gasteiger partial charge in [-0.3, -0.25) is 0 Å². The molecule has 1 heterocycles. The maximum atomic E-state index is 8.96. The van der Waals surface area contributed by atoms with Crippen LogP contribution in [-0.2, 0) is 19.4 Å². The molecule has 1 aromatic carbocycles. The largest absolute Gasteiger partial charge is 0.390 e. The summed E-state index contributed by atoms with van der Waals surface area (Å²) in [5.74, 6) is 0.787. The summed E-state index contributed by atoms with van der Waals surface area (Å²) in [6, 6.07) is 12.0. The first-order valence-electron chi connectivity index (χ1n) is 5.34. The van der Waals surface area contributed by atoms with Crippen LogP contribution in [0.25, 0.3) is 0 Å². The molecule has 0 aliphatic rings. The van der Waals surface area contributed by atoms with Crippen molar-refractivity contribution in [3.63, 3.8) is 0 Å². The first-order valence-corrected chi connectivity index (χ1v) is 5.34. The summed E-state index contributed by atoms with van der Waals surface area (Å²) in [7, 11) is 0. The van der Waals surface area contributed by atoms with Crippen molar-refractivity contribution in [2.75, 3.05) is 0 Å². The summed E-state index contributed by atoms with van der Waals surface area (Å²) in [5, 5.41) is 8.96. The summed E-state index contributed by atoms with van der Waals surface area (Å²) in [4.78, 5) is 8.43. The third-order valence-corrected chi connectivity index (χ3v) is 2.41. The quantitative estimate of drug-likeness (QED) is 0.843. The fourth-order valence-corrected chi connectivity index (χ4v) is 1.55. The van der Waals surface area contributed by atoms with Crippen molar-refractivity contribution in [1.29, 1.82) is 0 Å². The molecule has 0 fully saturated rings. The molecular weight excluding hydrogens is 200 g/mol. The molecule has 1 aromatic heterocycles. The highest BCUT2D eigenvalue weighted by Gasteiger charge is 1.99. The number of hydrogen-bond donors (Lipinski definition) is 1. The maximum Gasteiger partial charge on any atom is 0.128 e. The second-order valence-corrected chi connectivity index (χ2v) is 3.61. The highest BCUT2D eigenvalue weighted by Crippen LogP contribution is 2.04. The summed E-state index contributed by atoms with van der Waals surface area (Å²) >= 11 is 0. The number of nitrogens with zero attached hydrogens (tertiary/aromatic N) is 2. The van der Waals surface area contributed by atoms with E-state index in [1.807, 2.05) is 18.2 Å². The lowest BCUT2D eigenvalue weighted by Crippen LogP contribution is -2.00. The van der Waals surface area contributed by atoms with Crippen LogP contribution in [0.15, 0.2) is 42.6 Å². The van der Waals surface area contributed by atoms with E-state index in [1.54, 1.807) is 12.3 Å². The molecule has 82 valence electrons. The zero-order valence-corrected chi connectivity index (χ0v) is 9.00. The monoisotopic (exact) mass is 214 g/mol. The van der Waals surface area contributed by atoms with Crippen molar-refractivity contribution < 1.29 is 5.11 Å². The second-order valence-electron chi connectivity index (χ2n) is 3.61. The minimum absolute atomic E-state index is 0.0269. The van der Waals surface area contributed by atoms with Crippen LogP contribution in [0.2, 0.25) is 0 Å². The lowest BCUT2D eigenvalue weighted by molar-refractivity contribution is 0.276. The Balaban J connectivity index is 1.99. The van der Waals surface area contributed by atoms with E-state index in [4.69, 9.17) is 5.11 Å². The topological polar surface area (TPSA) is 46.0 Å². The van der Waals surface area contributed by atoms with Gasteiger partial charge in [0, 0.05) is 12.6 Å². The Kier molecular flexibility index (Phi) is 3.62. The Hall–Kier alpha value is -1.74. The molecule has 3 nitrogen and oxygen atoms in total. The van der Waals surface area contributed by atoms with Gasteiger partial charge in [0.05, 0.1) is 12.3 Å². The third kappa shape index (κ3) is 2.87. The zero-order valence-electron chi connectivity index (χ0n) is 9.00. The van der Waals surface area contributed by atoms with Crippen molar-refractivity contribution in [3.05, 3.63) is 59.7 Å². The van der Waals surface area contributed by atoms with Crippen LogP contribution in [0.1, 0.15) is 17.1 Å². The molecular formula is C13H14N2O. The minimum Gasteiger partial charge on any atom is -0.390 e. The molecule has 1 N–H and O–H groups in total. The molecule has 0 radical (unpaired) electrons. The number of aryl methyl sites for hydroxylation is 2. The highest BCUT2D eigenvalue weighted by atomic mass is 16.3. The van der Waals surface area contributed by atoms with Crippen molar-refractivity contribution in [2.24, 2.45) is 0 Å². The van der Waals surface area contributed by atoms with Gasteiger partial charge in [-0.1, -0.05) is 30.3 Å². The van der Waals surface area contributed by atoms with Crippen LogP contribution >= 0.6 is 0 Å². The molecule has 0 bridgehead atoms. The lowest BCUT2D eigenvalue weighted by Gasteiger charge is -2.02. The average Bonchev–Trinajstić information content (AvgIpc) is 2.38. The van der Waals surface area contributed by atoms with Gasteiger partial charge in [0.1, 0.15) is 5.82 Å². The normalized spacial score (nSPS) is 10.3. The third-order valence-electron chi connectivity index (χ3n) is 2.41. The van der Waals surface area contributed by atoms with E-state index in [9.17, 15) is 0 Å². The van der Waals surface area contributed by atoms with Crippen LogP contribution in [0.4, 0.5) is 0 Å². The molecule has 0 saturated carbocycles. The van der Waals surface area contributed by atoms with Crippen molar-refractivity contribution >= 4 is 0 Å².